The molecule has 0 spiro atoms. The van der Waals surface area contributed by atoms with Crippen LogP contribution in [0.15, 0.2) is 50.9 Å². The first-order chi connectivity index (χ1) is 8.56. The lowest BCUT2D eigenvalue weighted by Gasteiger charge is -1.96. The molecule has 0 saturated carbocycles. The van der Waals surface area contributed by atoms with Gasteiger partial charge >= 0.3 is 5.97 Å². The molecule has 2 rings (SSSR count). The average molecular weight is 307 g/mol. The minimum Gasteiger partial charge on any atom is -0.478 e. The maximum Gasteiger partial charge on any atom is 0.331 e. The van der Waals surface area contributed by atoms with E-state index in [0.29, 0.717) is 11.5 Å². The Hall–Kier alpha value is -1.81. The van der Waals surface area contributed by atoms with Gasteiger partial charge in [0.05, 0.1) is 0 Å². The summed E-state index contributed by atoms with van der Waals surface area (Å²) in [6.45, 7) is 1.53. The van der Waals surface area contributed by atoms with E-state index in [1.807, 2.05) is 30.3 Å². The Balaban J connectivity index is 2.28. The van der Waals surface area contributed by atoms with Crippen LogP contribution in [0.25, 0.3) is 17.4 Å². The lowest BCUT2D eigenvalue weighted by molar-refractivity contribution is -0.132. The van der Waals surface area contributed by atoms with E-state index in [-0.39, 0.29) is 5.57 Å². The molecule has 4 heteroatoms. The number of benzene rings is 1. The maximum atomic E-state index is 10.7. The zero-order valence-corrected chi connectivity index (χ0v) is 11.3. The molecule has 18 heavy (non-hydrogen) atoms. The summed E-state index contributed by atoms with van der Waals surface area (Å²) in [6, 6.07) is 11.3. The molecule has 0 bridgehead atoms. The van der Waals surface area contributed by atoms with E-state index in [4.69, 9.17) is 9.52 Å². The van der Waals surface area contributed by atoms with Crippen LogP contribution in [0.2, 0.25) is 0 Å². The van der Waals surface area contributed by atoms with Gasteiger partial charge in [0.1, 0.15) is 11.5 Å². The summed E-state index contributed by atoms with van der Waals surface area (Å²) in [5.41, 5.74) is 1.19. The largest absolute Gasteiger partial charge is 0.478 e. The maximum absolute atomic E-state index is 10.7. The van der Waals surface area contributed by atoms with Gasteiger partial charge in [-0.25, -0.2) is 4.79 Å². The van der Waals surface area contributed by atoms with E-state index < -0.39 is 5.97 Å². The normalized spacial score (nSPS) is 11.6. The second kappa shape index (κ2) is 5.23. The summed E-state index contributed by atoms with van der Waals surface area (Å²) in [7, 11) is 0. The highest BCUT2D eigenvalue weighted by Crippen LogP contribution is 2.24. The number of carboxylic acids is 1. The van der Waals surface area contributed by atoms with Gasteiger partial charge in [-0.2, -0.15) is 0 Å². The molecule has 0 aliphatic heterocycles. The Labute approximate surface area is 113 Å². The van der Waals surface area contributed by atoms with Crippen LogP contribution < -0.4 is 0 Å². The van der Waals surface area contributed by atoms with E-state index in [1.165, 1.54) is 13.0 Å². The van der Waals surface area contributed by atoms with Crippen LogP contribution in [0.1, 0.15) is 12.7 Å². The number of halogens is 1. The van der Waals surface area contributed by atoms with Crippen molar-refractivity contribution in [3.63, 3.8) is 0 Å². The lowest BCUT2D eigenvalue weighted by Crippen LogP contribution is -1.94. The van der Waals surface area contributed by atoms with Crippen molar-refractivity contribution in [2.24, 2.45) is 0 Å². The van der Waals surface area contributed by atoms with Gasteiger partial charge < -0.3 is 9.52 Å². The minimum absolute atomic E-state index is 0.242. The predicted octanol–water partition coefficient (Wildman–Crippen LogP) is 4.20. The molecule has 1 heterocycles. The Kier molecular flexibility index (Phi) is 3.67. The Morgan fingerprint density at radius 1 is 1.22 bits per heavy atom. The van der Waals surface area contributed by atoms with Gasteiger partial charge in [0, 0.05) is 15.6 Å². The van der Waals surface area contributed by atoms with Crippen LogP contribution in [0.5, 0.6) is 0 Å². The van der Waals surface area contributed by atoms with Gasteiger partial charge in [0.25, 0.3) is 0 Å². The quantitative estimate of drug-likeness (QED) is 0.865. The van der Waals surface area contributed by atoms with Crippen molar-refractivity contribution in [3.8, 4) is 11.3 Å². The number of hydrogen-bond acceptors (Lipinski definition) is 2. The average Bonchev–Trinajstić information content (AvgIpc) is 2.78. The molecule has 0 radical (unpaired) electrons. The van der Waals surface area contributed by atoms with Gasteiger partial charge in [0.15, 0.2) is 0 Å². The molecule has 0 fully saturated rings. The third-order valence-corrected chi connectivity index (χ3v) is 2.98. The number of aliphatic carboxylic acids is 1. The van der Waals surface area contributed by atoms with Gasteiger partial charge in [-0.15, -0.1) is 0 Å². The van der Waals surface area contributed by atoms with Gasteiger partial charge in [-0.05, 0) is 37.3 Å². The van der Waals surface area contributed by atoms with Crippen molar-refractivity contribution in [1.82, 2.24) is 0 Å². The molecular formula is C14H11BrO3. The van der Waals surface area contributed by atoms with Crippen LogP contribution in [0.3, 0.4) is 0 Å². The number of carbonyl (C=O) groups is 1. The van der Waals surface area contributed by atoms with Crippen molar-refractivity contribution in [2.45, 2.75) is 6.92 Å². The summed E-state index contributed by atoms with van der Waals surface area (Å²) in [5.74, 6) is 0.302. The van der Waals surface area contributed by atoms with Crippen LogP contribution >= 0.6 is 15.9 Å². The van der Waals surface area contributed by atoms with E-state index in [0.717, 1.165) is 10.0 Å². The molecule has 1 aromatic heterocycles. The van der Waals surface area contributed by atoms with Crippen LogP contribution in [0.4, 0.5) is 0 Å². The van der Waals surface area contributed by atoms with Crippen LogP contribution in [-0.2, 0) is 4.79 Å². The smallest absolute Gasteiger partial charge is 0.331 e. The van der Waals surface area contributed by atoms with E-state index >= 15 is 0 Å². The molecule has 0 saturated heterocycles. The zero-order chi connectivity index (χ0) is 13.1. The molecule has 92 valence electrons. The fourth-order valence-corrected chi connectivity index (χ4v) is 1.74. The zero-order valence-electron chi connectivity index (χ0n) is 9.68. The Bertz CT molecular complexity index is 594. The second-order valence-corrected chi connectivity index (χ2v) is 4.76. The number of carboxylic acid groups (broad SMARTS) is 1. The van der Waals surface area contributed by atoms with Crippen molar-refractivity contribution in [2.75, 3.05) is 0 Å². The monoisotopic (exact) mass is 306 g/mol. The molecule has 3 nitrogen and oxygen atoms in total. The van der Waals surface area contributed by atoms with Gasteiger partial charge in [0.2, 0.25) is 0 Å². The highest BCUT2D eigenvalue weighted by Gasteiger charge is 2.05. The first-order valence-electron chi connectivity index (χ1n) is 5.33. The van der Waals surface area contributed by atoms with E-state index in [9.17, 15) is 4.79 Å². The van der Waals surface area contributed by atoms with Crippen LogP contribution in [-0.4, -0.2) is 11.1 Å². The first-order valence-corrected chi connectivity index (χ1v) is 6.13. The number of hydrogen-bond donors (Lipinski definition) is 1. The molecular weight excluding hydrogens is 296 g/mol. The standard InChI is InChI=1S/C14H11BrO3/c1-9(14(16)17)8-12-6-7-13(18-12)10-2-4-11(15)5-3-10/h2-8H,1H3,(H,16,17). The second-order valence-electron chi connectivity index (χ2n) is 3.84. The van der Waals surface area contributed by atoms with E-state index in [1.54, 1.807) is 6.07 Å². The molecule has 0 unspecified atom stereocenters. The Morgan fingerprint density at radius 3 is 2.50 bits per heavy atom. The summed E-state index contributed by atoms with van der Waals surface area (Å²) < 4.78 is 6.58. The molecule has 1 N–H and O–H groups in total. The van der Waals surface area contributed by atoms with Crippen molar-refractivity contribution in [3.05, 3.63) is 52.2 Å². The molecule has 2 aromatic rings. The fraction of sp³-hybridized carbons (Fsp3) is 0.0714. The topological polar surface area (TPSA) is 50.4 Å². The van der Waals surface area contributed by atoms with Gasteiger partial charge in [-0.1, -0.05) is 28.1 Å². The summed E-state index contributed by atoms with van der Waals surface area (Å²) in [5, 5.41) is 8.78. The summed E-state index contributed by atoms with van der Waals surface area (Å²) >= 11 is 3.37. The predicted molar refractivity (Wildman–Crippen MR) is 73.1 cm³/mol. The van der Waals surface area contributed by atoms with Crippen molar-refractivity contribution >= 4 is 28.0 Å². The molecule has 1 aromatic carbocycles. The number of furan rings is 1. The fourth-order valence-electron chi connectivity index (χ4n) is 1.47. The van der Waals surface area contributed by atoms with Crippen molar-refractivity contribution in [1.29, 1.82) is 0 Å². The van der Waals surface area contributed by atoms with E-state index in [2.05, 4.69) is 15.9 Å². The third-order valence-electron chi connectivity index (χ3n) is 2.45. The summed E-state index contributed by atoms with van der Waals surface area (Å²) in [4.78, 5) is 10.7. The lowest BCUT2D eigenvalue weighted by atomic mass is 10.2. The first kappa shape index (κ1) is 12.6. The van der Waals surface area contributed by atoms with Crippen LogP contribution in [0, 0.1) is 0 Å². The highest BCUT2D eigenvalue weighted by molar-refractivity contribution is 9.10. The highest BCUT2D eigenvalue weighted by atomic mass is 79.9. The molecule has 0 aliphatic rings. The SMILES string of the molecule is CC(=Cc1ccc(-c2ccc(Br)cc2)o1)C(=O)O. The Morgan fingerprint density at radius 2 is 1.89 bits per heavy atom. The summed E-state index contributed by atoms with van der Waals surface area (Å²) in [6.07, 6.45) is 1.50. The third kappa shape index (κ3) is 2.90. The molecule has 0 amide bonds. The molecule has 0 atom stereocenters. The van der Waals surface area contributed by atoms with Gasteiger partial charge in [-0.3, -0.25) is 0 Å². The molecule has 0 aliphatic carbocycles. The minimum atomic E-state index is -0.948. The number of rotatable bonds is 3. The van der Waals surface area contributed by atoms with Crippen molar-refractivity contribution < 1.29 is 14.3 Å².